The van der Waals surface area contributed by atoms with Crippen LogP contribution >= 0.6 is 0 Å². The van der Waals surface area contributed by atoms with Crippen molar-refractivity contribution >= 4 is 12.0 Å². The largest absolute Gasteiger partial charge is 0.496 e. The van der Waals surface area contributed by atoms with Crippen LogP contribution < -0.4 is 14.4 Å². The van der Waals surface area contributed by atoms with Crippen LogP contribution in [0, 0.1) is 6.92 Å². The van der Waals surface area contributed by atoms with E-state index in [1.807, 2.05) is 31.0 Å². The summed E-state index contributed by atoms with van der Waals surface area (Å²) in [6, 6.07) is 3.75. The van der Waals surface area contributed by atoms with E-state index in [2.05, 4.69) is 0 Å². The van der Waals surface area contributed by atoms with E-state index < -0.39 is 0 Å². The molecular formula is C12H17NO3. The Morgan fingerprint density at radius 2 is 2.00 bits per heavy atom. The third-order valence-corrected chi connectivity index (χ3v) is 2.52. The van der Waals surface area contributed by atoms with E-state index in [0.717, 1.165) is 29.0 Å². The van der Waals surface area contributed by atoms with E-state index in [1.165, 1.54) is 0 Å². The van der Waals surface area contributed by atoms with Crippen molar-refractivity contribution in [1.29, 1.82) is 0 Å². The highest BCUT2D eigenvalue weighted by atomic mass is 16.5. The van der Waals surface area contributed by atoms with Crippen LogP contribution in [-0.4, -0.2) is 34.1 Å². The second kappa shape index (κ2) is 5.39. The van der Waals surface area contributed by atoms with Crippen molar-refractivity contribution < 1.29 is 14.3 Å². The van der Waals surface area contributed by atoms with Crippen molar-refractivity contribution in [2.45, 2.75) is 6.92 Å². The Morgan fingerprint density at radius 3 is 2.50 bits per heavy atom. The molecule has 16 heavy (non-hydrogen) atoms. The van der Waals surface area contributed by atoms with Crippen molar-refractivity contribution in [1.82, 2.24) is 0 Å². The van der Waals surface area contributed by atoms with Crippen LogP contribution in [0.2, 0.25) is 0 Å². The summed E-state index contributed by atoms with van der Waals surface area (Å²) >= 11 is 0. The Balaban J connectivity index is 3.19. The molecule has 0 N–H and O–H groups in total. The van der Waals surface area contributed by atoms with E-state index in [9.17, 15) is 4.79 Å². The van der Waals surface area contributed by atoms with Gasteiger partial charge in [-0.1, -0.05) is 0 Å². The van der Waals surface area contributed by atoms with Gasteiger partial charge in [-0.15, -0.1) is 0 Å². The van der Waals surface area contributed by atoms with E-state index in [-0.39, 0.29) is 0 Å². The van der Waals surface area contributed by atoms with E-state index in [4.69, 9.17) is 9.47 Å². The molecule has 1 aromatic carbocycles. The SMILES string of the molecule is COc1ccc(N(C)CC=O)c(OC)c1C. The first-order valence-electron chi connectivity index (χ1n) is 5.02. The normalized spacial score (nSPS) is 9.75. The van der Waals surface area contributed by atoms with Crippen LogP contribution in [0.4, 0.5) is 5.69 Å². The molecule has 4 nitrogen and oxygen atoms in total. The number of likely N-dealkylation sites (N-methyl/N-ethyl adjacent to an activating group) is 1. The lowest BCUT2D eigenvalue weighted by atomic mass is 10.1. The van der Waals surface area contributed by atoms with E-state index >= 15 is 0 Å². The highest BCUT2D eigenvalue weighted by Gasteiger charge is 2.13. The number of carbonyl (C=O) groups excluding carboxylic acids is 1. The monoisotopic (exact) mass is 223 g/mol. The Hall–Kier alpha value is -1.71. The van der Waals surface area contributed by atoms with Crippen molar-refractivity contribution in [3.8, 4) is 11.5 Å². The molecule has 0 bridgehead atoms. The molecule has 0 aliphatic rings. The Morgan fingerprint density at radius 1 is 1.31 bits per heavy atom. The third-order valence-electron chi connectivity index (χ3n) is 2.52. The summed E-state index contributed by atoms with van der Waals surface area (Å²) in [6.45, 7) is 2.26. The molecule has 0 unspecified atom stereocenters. The van der Waals surface area contributed by atoms with Crippen molar-refractivity contribution in [2.24, 2.45) is 0 Å². The molecule has 0 aliphatic heterocycles. The minimum Gasteiger partial charge on any atom is -0.496 e. The second-order valence-electron chi connectivity index (χ2n) is 3.49. The van der Waals surface area contributed by atoms with Crippen LogP contribution in [0.5, 0.6) is 11.5 Å². The standard InChI is InChI=1S/C12H17NO3/c1-9-11(15-3)6-5-10(12(9)16-4)13(2)7-8-14/h5-6,8H,7H2,1-4H3. The lowest BCUT2D eigenvalue weighted by Gasteiger charge is -2.21. The zero-order valence-corrected chi connectivity index (χ0v) is 10.1. The fourth-order valence-corrected chi connectivity index (χ4v) is 1.65. The van der Waals surface area contributed by atoms with Crippen LogP contribution in [0.15, 0.2) is 12.1 Å². The summed E-state index contributed by atoms with van der Waals surface area (Å²) in [5.41, 5.74) is 1.81. The summed E-state index contributed by atoms with van der Waals surface area (Å²) < 4.78 is 10.6. The van der Waals surface area contributed by atoms with Gasteiger partial charge >= 0.3 is 0 Å². The van der Waals surface area contributed by atoms with Gasteiger partial charge in [-0.05, 0) is 19.1 Å². The highest BCUT2D eigenvalue weighted by molar-refractivity contribution is 5.69. The number of rotatable bonds is 5. The maximum atomic E-state index is 10.5. The van der Waals surface area contributed by atoms with Crippen LogP contribution in [0.3, 0.4) is 0 Å². The Labute approximate surface area is 95.8 Å². The predicted octanol–water partition coefficient (Wildman–Crippen LogP) is 1.65. The minimum atomic E-state index is 0.335. The molecule has 0 saturated carbocycles. The first-order valence-corrected chi connectivity index (χ1v) is 5.02. The molecule has 1 rings (SSSR count). The zero-order chi connectivity index (χ0) is 12.1. The number of hydrogen-bond donors (Lipinski definition) is 0. The molecule has 1 aromatic rings. The summed E-state index contributed by atoms with van der Waals surface area (Å²) in [4.78, 5) is 12.3. The van der Waals surface area contributed by atoms with Gasteiger partial charge in [0.15, 0.2) is 0 Å². The number of benzene rings is 1. The Bertz CT molecular complexity index is 377. The molecule has 0 radical (unpaired) electrons. The van der Waals surface area contributed by atoms with Gasteiger partial charge in [-0.25, -0.2) is 0 Å². The molecule has 4 heteroatoms. The van der Waals surface area contributed by atoms with Gasteiger partial charge in [-0.2, -0.15) is 0 Å². The van der Waals surface area contributed by atoms with Gasteiger partial charge in [-0.3, -0.25) is 0 Å². The number of carbonyl (C=O) groups is 1. The van der Waals surface area contributed by atoms with Gasteiger partial charge in [0.05, 0.1) is 26.5 Å². The lowest BCUT2D eigenvalue weighted by Crippen LogP contribution is -2.20. The molecule has 0 aliphatic carbocycles. The molecule has 0 amide bonds. The van der Waals surface area contributed by atoms with Crippen LogP contribution in [0.1, 0.15) is 5.56 Å². The quantitative estimate of drug-likeness (QED) is 0.711. The fourth-order valence-electron chi connectivity index (χ4n) is 1.65. The maximum absolute atomic E-state index is 10.5. The summed E-state index contributed by atoms with van der Waals surface area (Å²) in [5.74, 6) is 1.52. The van der Waals surface area contributed by atoms with E-state index in [1.54, 1.807) is 14.2 Å². The van der Waals surface area contributed by atoms with Gasteiger partial charge in [0.25, 0.3) is 0 Å². The first kappa shape index (κ1) is 12.4. The molecule has 0 saturated heterocycles. The number of nitrogens with zero attached hydrogens (tertiary/aromatic N) is 1. The van der Waals surface area contributed by atoms with E-state index in [0.29, 0.717) is 6.54 Å². The number of anilines is 1. The van der Waals surface area contributed by atoms with Crippen molar-refractivity contribution in [3.05, 3.63) is 17.7 Å². The van der Waals surface area contributed by atoms with Gasteiger partial charge in [0.2, 0.25) is 0 Å². The first-order chi connectivity index (χ1) is 7.65. The number of methoxy groups -OCH3 is 2. The fraction of sp³-hybridized carbons (Fsp3) is 0.417. The van der Waals surface area contributed by atoms with Gasteiger partial charge < -0.3 is 19.2 Å². The van der Waals surface area contributed by atoms with Crippen molar-refractivity contribution in [2.75, 3.05) is 32.7 Å². The third kappa shape index (κ3) is 2.27. The summed E-state index contributed by atoms with van der Waals surface area (Å²) in [5, 5.41) is 0. The van der Waals surface area contributed by atoms with Crippen molar-refractivity contribution in [3.63, 3.8) is 0 Å². The molecule has 0 fully saturated rings. The van der Waals surface area contributed by atoms with Crippen LogP contribution in [0.25, 0.3) is 0 Å². The van der Waals surface area contributed by atoms with Gasteiger partial charge in [0.1, 0.15) is 17.8 Å². The topological polar surface area (TPSA) is 38.8 Å². The summed E-state index contributed by atoms with van der Waals surface area (Å²) in [7, 11) is 5.08. The molecular weight excluding hydrogens is 206 g/mol. The maximum Gasteiger partial charge on any atom is 0.148 e. The second-order valence-corrected chi connectivity index (χ2v) is 3.49. The lowest BCUT2D eigenvalue weighted by molar-refractivity contribution is -0.106. The molecule has 0 aromatic heterocycles. The average molecular weight is 223 g/mol. The predicted molar refractivity (Wildman–Crippen MR) is 63.6 cm³/mol. The molecule has 0 atom stereocenters. The molecule has 0 spiro atoms. The Kier molecular flexibility index (Phi) is 4.17. The number of ether oxygens (including phenoxy) is 2. The number of hydrogen-bond acceptors (Lipinski definition) is 4. The van der Waals surface area contributed by atoms with Crippen LogP contribution in [-0.2, 0) is 4.79 Å². The highest BCUT2D eigenvalue weighted by Crippen LogP contribution is 2.36. The molecule has 88 valence electrons. The van der Waals surface area contributed by atoms with Gasteiger partial charge in [0, 0.05) is 12.6 Å². The molecule has 0 heterocycles. The average Bonchev–Trinajstić information content (AvgIpc) is 2.28. The smallest absolute Gasteiger partial charge is 0.148 e. The zero-order valence-electron chi connectivity index (χ0n) is 10.1. The summed E-state index contributed by atoms with van der Waals surface area (Å²) in [6.07, 6.45) is 0.860. The number of aldehydes is 1. The minimum absolute atomic E-state index is 0.335.